The number of aliphatic carboxylic acids is 1. The zero-order valence-electron chi connectivity index (χ0n) is 16.4. The summed E-state index contributed by atoms with van der Waals surface area (Å²) in [6, 6.07) is 7.90. The number of hydrogen-bond donors (Lipinski definition) is 2. The van der Waals surface area contributed by atoms with Gasteiger partial charge in [-0.2, -0.15) is 13.2 Å². The number of carboxylic acids is 1. The van der Waals surface area contributed by atoms with E-state index in [0.717, 1.165) is 25.7 Å². The van der Waals surface area contributed by atoms with Crippen LogP contribution in [-0.2, 0) is 17.5 Å². The fraction of sp³-hybridized carbons (Fsp3) is 0.500. The Labute approximate surface area is 168 Å². The maximum absolute atomic E-state index is 14.0. The molecule has 158 valence electrons. The Morgan fingerprint density at radius 3 is 2.52 bits per heavy atom. The lowest BCUT2D eigenvalue weighted by Gasteiger charge is -2.28. The molecule has 1 fully saturated rings. The smallest absolute Gasteiger partial charge is 0.420 e. The predicted octanol–water partition coefficient (Wildman–Crippen LogP) is 5.38. The highest BCUT2D eigenvalue weighted by atomic mass is 19.4. The van der Waals surface area contributed by atoms with Crippen molar-refractivity contribution in [3.8, 4) is 5.75 Å². The minimum atomic E-state index is -4.54. The second kappa shape index (κ2) is 9.03. The third-order valence-corrected chi connectivity index (χ3v) is 5.48. The minimum absolute atomic E-state index is 0.0451. The molecule has 4 nitrogen and oxygen atoms in total. The number of carboxylic acid groups (broad SMARTS) is 1. The summed E-state index contributed by atoms with van der Waals surface area (Å²) in [5.74, 6) is -0.445. The summed E-state index contributed by atoms with van der Waals surface area (Å²) in [6.45, 7) is 2.70. The van der Waals surface area contributed by atoms with E-state index in [1.54, 1.807) is 18.2 Å². The predicted molar refractivity (Wildman–Crippen MR) is 105 cm³/mol. The maximum Gasteiger partial charge on any atom is 0.420 e. The number of benzene rings is 2. The van der Waals surface area contributed by atoms with Gasteiger partial charge in [-0.25, -0.2) is 0 Å². The van der Waals surface area contributed by atoms with E-state index in [9.17, 15) is 18.0 Å². The summed E-state index contributed by atoms with van der Waals surface area (Å²) in [7, 11) is 0. The van der Waals surface area contributed by atoms with E-state index in [1.165, 1.54) is 12.1 Å². The quantitative estimate of drug-likeness (QED) is 0.603. The Hall–Kier alpha value is -2.28. The number of rotatable bonds is 7. The van der Waals surface area contributed by atoms with Crippen LogP contribution < -0.4 is 10.1 Å². The highest BCUT2D eigenvalue weighted by Crippen LogP contribution is 2.43. The summed E-state index contributed by atoms with van der Waals surface area (Å²) < 4.78 is 47.7. The first-order valence-corrected chi connectivity index (χ1v) is 9.96. The Bertz CT molecular complexity index is 858. The number of nitrogens with one attached hydrogen (secondary N) is 1. The Balaban J connectivity index is 1.90. The van der Waals surface area contributed by atoms with E-state index in [4.69, 9.17) is 9.84 Å². The highest BCUT2D eigenvalue weighted by Gasteiger charge is 2.37. The molecule has 2 aromatic carbocycles. The van der Waals surface area contributed by atoms with Crippen molar-refractivity contribution in [2.24, 2.45) is 5.92 Å². The molecule has 0 amide bonds. The Morgan fingerprint density at radius 1 is 1.14 bits per heavy atom. The molecule has 0 atom stereocenters. The monoisotopic (exact) mass is 409 g/mol. The molecule has 2 aromatic rings. The van der Waals surface area contributed by atoms with Crippen LogP contribution in [0.3, 0.4) is 0 Å². The van der Waals surface area contributed by atoms with Gasteiger partial charge < -0.3 is 15.2 Å². The van der Waals surface area contributed by atoms with Crippen molar-refractivity contribution in [1.29, 1.82) is 0 Å². The van der Waals surface area contributed by atoms with Gasteiger partial charge in [-0.05, 0) is 54.0 Å². The first-order chi connectivity index (χ1) is 13.8. The lowest BCUT2D eigenvalue weighted by atomic mass is 9.89. The SMILES string of the molecule is CC1CCC(Oc2ccc3c(CNCCC(=O)O)cccc3c2C(F)(F)F)CC1. The Morgan fingerprint density at radius 2 is 1.86 bits per heavy atom. The largest absolute Gasteiger partial charge is 0.490 e. The molecule has 0 bridgehead atoms. The third-order valence-electron chi connectivity index (χ3n) is 5.48. The highest BCUT2D eigenvalue weighted by molar-refractivity contribution is 5.91. The molecule has 0 unspecified atom stereocenters. The van der Waals surface area contributed by atoms with Gasteiger partial charge in [-0.15, -0.1) is 0 Å². The summed E-state index contributed by atoms with van der Waals surface area (Å²) in [4.78, 5) is 10.6. The van der Waals surface area contributed by atoms with E-state index in [1.807, 2.05) is 0 Å². The molecular weight excluding hydrogens is 383 g/mol. The second-order valence-electron chi connectivity index (χ2n) is 7.77. The topological polar surface area (TPSA) is 58.6 Å². The maximum atomic E-state index is 14.0. The number of halogens is 3. The average molecular weight is 409 g/mol. The van der Waals surface area contributed by atoms with Crippen LogP contribution in [0.15, 0.2) is 30.3 Å². The van der Waals surface area contributed by atoms with Gasteiger partial charge >= 0.3 is 12.1 Å². The van der Waals surface area contributed by atoms with E-state index in [-0.39, 0.29) is 30.2 Å². The molecule has 3 rings (SSSR count). The van der Waals surface area contributed by atoms with Gasteiger partial charge in [0.25, 0.3) is 0 Å². The molecule has 0 radical (unpaired) electrons. The van der Waals surface area contributed by atoms with Crippen molar-refractivity contribution in [2.45, 2.75) is 57.9 Å². The number of alkyl halides is 3. The zero-order valence-corrected chi connectivity index (χ0v) is 16.4. The molecule has 1 saturated carbocycles. The normalized spacial score (nSPS) is 20.0. The second-order valence-corrected chi connectivity index (χ2v) is 7.77. The summed E-state index contributed by atoms with van der Waals surface area (Å²) in [5.41, 5.74) is -0.0440. The molecule has 1 aliphatic carbocycles. The Kier molecular flexibility index (Phi) is 6.67. The van der Waals surface area contributed by atoms with Crippen molar-refractivity contribution in [3.63, 3.8) is 0 Å². The molecule has 0 heterocycles. The fourth-order valence-electron chi connectivity index (χ4n) is 3.89. The van der Waals surface area contributed by atoms with Crippen LogP contribution in [-0.4, -0.2) is 23.7 Å². The lowest BCUT2D eigenvalue weighted by Crippen LogP contribution is -2.24. The van der Waals surface area contributed by atoms with E-state index < -0.39 is 17.7 Å². The van der Waals surface area contributed by atoms with Gasteiger partial charge in [0.1, 0.15) is 11.3 Å². The first kappa shape index (κ1) is 21.4. The van der Waals surface area contributed by atoms with Crippen molar-refractivity contribution in [2.75, 3.05) is 6.54 Å². The van der Waals surface area contributed by atoms with E-state index in [2.05, 4.69) is 12.2 Å². The van der Waals surface area contributed by atoms with Crippen LogP contribution in [0.4, 0.5) is 13.2 Å². The zero-order chi connectivity index (χ0) is 21.0. The third kappa shape index (κ3) is 5.41. The van der Waals surface area contributed by atoms with Gasteiger partial charge in [-0.1, -0.05) is 31.2 Å². The van der Waals surface area contributed by atoms with Crippen molar-refractivity contribution in [3.05, 3.63) is 41.5 Å². The molecule has 2 N–H and O–H groups in total. The molecule has 0 aliphatic heterocycles. The molecule has 29 heavy (non-hydrogen) atoms. The van der Waals surface area contributed by atoms with Crippen LogP contribution >= 0.6 is 0 Å². The number of ether oxygens (including phenoxy) is 1. The molecule has 0 aromatic heterocycles. The number of hydrogen-bond acceptors (Lipinski definition) is 3. The minimum Gasteiger partial charge on any atom is -0.490 e. The molecule has 0 saturated heterocycles. The van der Waals surface area contributed by atoms with E-state index in [0.29, 0.717) is 23.4 Å². The van der Waals surface area contributed by atoms with Crippen LogP contribution in [0.2, 0.25) is 0 Å². The van der Waals surface area contributed by atoms with Crippen molar-refractivity contribution in [1.82, 2.24) is 5.32 Å². The van der Waals surface area contributed by atoms with Gasteiger partial charge in [0, 0.05) is 13.1 Å². The van der Waals surface area contributed by atoms with Crippen molar-refractivity contribution < 1.29 is 27.8 Å². The summed E-state index contributed by atoms with van der Waals surface area (Å²) in [6.07, 6.45) is -1.31. The van der Waals surface area contributed by atoms with Crippen LogP contribution in [0.1, 0.15) is 50.2 Å². The van der Waals surface area contributed by atoms with Gasteiger partial charge in [0.05, 0.1) is 12.5 Å². The standard InChI is InChI=1S/C22H26F3NO3/c1-14-5-7-16(8-6-14)29-19-10-9-17-15(13-26-12-11-20(27)28)3-2-4-18(17)21(19)22(23,24)25/h2-4,9-10,14,16,26H,5-8,11-13H2,1H3,(H,27,28). The lowest BCUT2D eigenvalue weighted by molar-refractivity contribution is -0.138. The molecule has 0 spiro atoms. The van der Waals surface area contributed by atoms with E-state index >= 15 is 0 Å². The van der Waals surface area contributed by atoms with Crippen LogP contribution in [0, 0.1) is 5.92 Å². The van der Waals surface area contributed by atoms with Gasteiger partial charge in [0.15, 0.2) is 0 Å². The fourth-order valence-corrected chi connectivity index (χ4v) is 3.89. The van der Waals surface area contributed by atoms with Gasteiger partial charge in [-0.3, -0.25) is 4.79 Å². The summed E-state index contributed by atoms with van der Waals surface area (Å²) in [5, 5.41) is 12.3. The van der Waals surface area contributed by atoms with Gasteiger partial charge in [0.2, 0.25) is 0 Å². The first-order valence-electron chi connectivity index (χ1n) is 9.96. The van der Waals surface area contributed by atoms with Crippen molar-refractivity contribution >= 4 is 16.7 Å². The average Bonchev–Trinajstić information content (AvgIpc) is 2.65. The summed E-state index contributed by atoms with van der Waals surface area (Å²) >= 11 is 0. The molecular formula is C22H26F3NO3. The molecule has 1 aliphatic rings. The number of carbonyl (C=O) groups is 1. The van der Waals surface area contributed by atoms with Crippen LogP contribution in [0.25, 0.3) is 10.8 Å². The van der Waals surface area contributed by atoms with Crippen LogP contribution in [0.5, 0.6) is 5.75 Å². The molecule has 7 heteroatoms. The number of fused-ring (bicyclic) bond motifs is 1.